The van der Waals surface area contributed by atoms with Gasteiger partial charge in [-0.2, -0.15) is 37.1 Å². The summed E-state index contributed by atoms with van der Waals surface area (Å²) in [5, 5.41) is 32.0. The molecule has 6 aromatic carbocycles. The van der Waals surface area contributed by atoms with Gasteiger partial charge in [-0.3, -0.25) is 0 Å². The van der Waals surface area contributed by atoms with Gasteiger partial charge in [-0.15, -0.1) is 12.1 Å². The Morgan fingerprint density at radius 2 is 0.600 bits per heavy atom. The fraction of sp³-hybridized carbons (Fsp3) is 0.191. The first-order valence-electron chi connectivity index (χ1n) is 17.7. The molecule has 1 atom stereocenters. The molecule has 0 fully saturated rings. The van der Waals surface area contributed by atoms with Gasteiger partial charge in [-0.25, -0.2) is 0 Å². The normalized spacial score (nSPS) is 10.7. The molecule has 0 saturated heterocycles. The molecule has 55 heavy (non-hydrogen) atoms. The summed E-state index contributed by atoms with van der Waals surface area (Å²) in [7, 11) is -0.611. The smallest absolute Gasteiger partial charge is 0.151 e. The Morgan fingerprint density at radius 1 is 0.418 bits per heavy atom. The van der Waals surface area contributed by atoms with Crippen molar-refractivity contribution in [2.75, 3.05) is 7.11 Å². The molecular formula is C47H56O4P2Pd2. The van der Waals surface area contributed by atoms with Gasteiger partial charge >= 0.3 is 0 Å². The number of hydrogen-bond donors (Lipinski definition) is 3. The van der Waals surface area contributed by atoms with Crippen LogP contribution in [0.4, 0.5) is 0 Å². The molecule has 6 aromatic rings. The Morgan fingerprint density at radius 3 is 0.782 bits per heavy atom. The first-order chi connectivity index (χ1) is 25.4. The third kappa shape index (κ3) is 15.5. The summed E-state index contributed by atoms with van der Waals surface area (Å²) in [6.45, 7) is 20.2. The molecule has 0 spiro atoms. The van der Waals surface area contributed by atoms with Crippen molar-refractivity contribution < 1.29 is 60.9 Å². The molecule has 6 rings (SSSR count). The molecule has 0 aromatic heterocycles. The largest absolute Gasteiger partial charge is 0.368 e. The van der Waals surface area contributed by atoms with E-state index in [-0.39, 0.29) is 40.8 Å². The SMILES string of the molecule is CC(O)O.COC(C)O.[CH2-]c1ccccc1[PH+](c1ccccc1C)c1ccccc1C.[CH2-]c1ccccc1[PH+](c1ccccc1C)c1ccccc1C.[Pd].[Pd]. The number of aliphatic hydroxyl groups is 3. The second-order valence-corrected chi connectivity index (χ2v) is 17.5. The Balaban J connectivity index is 0.000000438. The van der Waals surface area contributed by atoms with Crippen LogP contribution in [0.15, 0.2) is 146 Å². The van der Waals surface area contributed by atoms with Gasteiger partial charge in [0.2, 0.25) is 0 Å². The molecular weight excluding hydrogens is 903 g/mol. The standard InChI is InChI=1S/2C21H20P.C3H8O2.C2H6O2.2Pd/c2*1-16-10-4-7-13-19(16)22(20-14-8-5-11-17(20)2)21-15-9-6-12-18(21)3;1-3(4)5-2;1-2(3)4;;/h2*4-15H,1H2,2-3H3;3-4H,1-2H3;2-4H,1H3;;/q2*-1;;;;/p+2. The number of rotatable bonds is 7. The number of methoxy groups -OCH3 is 1. The Labute approximate surface area is 360 Å². The van der Waals surface area contributed by atoms with Crippen molar-refractivity contribution in [3.63, 3.8) is 0 Å². The number of hydrogen-bond acceptors (Lipinski definition) is 4. The predicted molar refractivity (Wildman–Crippen MR) is 234 cm³/mol. The average Bonchev–Trinajstić information content (AvgIpc) is 3.13. The van der Waals surface area contributed by atoms with Crippen molar-refractivity contribution in [3.8, 4) is 0 Å². The molecule has 0 aliphatic carbocycles. The van der Waals surface area contributed by atoms with Crippen LogP contribution in [0.3, 0.4) is 0 Å². The monoisotopic (exact) mass is 958 g/mol. The van der Waals surface area contributed by atoms with Crippen molar-refractivity contribution >= 4 is 47.7 Å². The maximum absolute atomic E-state index is 8.14. The summed E-state index contributed by atoms with van der Waals surface area (Å²) in [4.78, 5) is 0. The summed E-state index contributed by atoms with van der Waals surface area (Å²) < 4.78 is 4.31. The van der Waals surface area contributed by atoms with E-state index in [1.165, 1.54) is 68.1 Å². The van der Waals surface area contributed by atoms with E-state index in [9.17, 15) is 0 Å². The first-order valence-corrected chi connectivity index (χ1v) is 20.7. The van der Waals surface area contributed by atoms with Crippen LogP contribution >= 0.6 is 15.8 Å². The van der Waals surface area contributed by atoms with Gasteiger partial charge in [0.1, 0.15) is 6.29 Å². The van der Waals surface area contributed by atoms with E-state index in [4.69, 9.17) is 15.3 Å². The summed E-state index contributed by atoms with van der Waals surface area (Å²) in [6, 6.07) is 52.2. The Hall–Kier alpha value is -2.92. The number of aliphatic hydroxyl groups excluding tert-OH is 2. The molecule has 0 bridgehead atoms. The summed E-state index contributed by atoms with van der Waals surface area (Å²) in [5.41, 5.74) is 7.74. The number of benzene rings is 6. The fourth-order valence-corrected chi connectivity index (χ4v) is 11.9. The quantitative estimate of drug-likeness (QED) is 0.0685. The molecule has 1 unspecified atom stereocenters. The molecule has 0 aliphatic rings. The molecule has 8 heteroatoms. The van der Waals surface area contributed by atoms with Crippen LogP contribution in [0, 0.1) is 41.5 Å². The van der Waals surface area contributed by atoms with Crippen LogP contribution in [0.1, 0.15) is 47.2 Å². The van der Waals surface area contributed by atoms with Crippen LogP contribution in [0.2, 0.25) is 0 Å². The van der Waals surface area contributed by atoms with Crippen LogP contribution in [-0.2, 0) is 45.6 Å². The van der Waals surface area contributed by atoms with Crippen LogP contribution in [0.5, 0.6) is 0 Å². The van der Waals surface area contributed by atoms with E-state index in [0.29, 0.717) is 0 Å². The number of aryl methyl sites for hydroxylation is 4. The number of ether oxygens (including phenoxy) is 1. The Kier molecular flexibility index (Phi) is 23.8. The van der Waals surface area contributed by atoms with Crippen molar-refractivity contribution in [2.24, 2.45) is 0 Å². The molecule has 0 heterocycles. The zero-order valence-electron chi connectivity index (χ0n) is 32.8. The van der Waals surface area contributed by atoms with E-state index < -0.39 is 28.4 Å². The first kappa shape index (κ1) is 50.1. The second kappa shape index (κ2) is 26.1. The van der Waals surface area contributed by atoms with E-state index in [1.807, 2.05) is 0 Å². The summed E-state index contributed by atoms with van der Waals surface area (Å²) in [6.07, 6.45) is -1.78. The molecule has 0 radical (unpaired) electrons. The van der Waals surface area contributed by atoms with Gasteiger partial charge in [0, 0.05) is 58.6 Å². The van der Waals surface area contributed by atoms with E-state index in [1.54, 1.807) is 6.92 Å². The maximum atomic E-state index is 8.14. The minimum atomic E-state index is -1.17. The van der Waals surface area contributed by atoms with E-state index in [2.05, 4.69) is 192 Å². The van der Waals surface area contributed by atoms with Crippen LogP contribution in [0.25, 0.3) is 0 Å². The van der Waals surface area contributed by atoms with Gasteiger partial charge in [0.25, 0.3) is 0 Å². The average molecular weight is 960 g/mol. The molecule has 0 aliphatic heterocycles. The molecule has 0 amide bonds. The second-order valence-electron chi connectivity index (χ2n) is 12.8. The van der Waals surface area contributed by atoms with Gasteiger partial charge in [0.05, 0.1) is 37.1 Å². The molecule has 4 nitrogen and oxygen atoms in total. The summed E-state index contributed by atoms with van der Waals surface area (Å²) >= 11 is 0. The zero-order chi connectivity index (χ0) is 38.9. The van der Waals surface area contributed by atoms with Gasteiger partial charge in [-0.1, -0.05) is 97.1 Å². The molecule has 0 saturated carbocycles. The van der Waals surface area contributed by atoms with Crippen LogP contribution in [-0.4, -0.2) is 35.0 Å². The third-order valence-electron chi connectivity index (χ3n) is 8.57. The molecule has 298 valence electrons. The van der Waals surface area contributed by atoms with E-state index >= 15 is 0 Å². The van der Waals surface area contributed by atoms with Crippen molar-refractivity contribution in [2.45, 2.75) is 54.1 Å². The van der Waals surface area contributed by atoms with Gasteiger partial charge < -0.3 is 20.1 Å². The fourth-order valence-electron chi connectivity index (χ4n) is 5.81. The van der Waals surface area contributed by atoms with Crippen LogP contribution < -0.4 is 31.8 Å². The van der Waals surface area contributed by atoms with Crippen molar-refractivity contribution in [1.82, 2.24) is 0 Å². The van der Waals surface area contributed by atoms with Gasteiger partial charge in [-0.05, 0) is 88.1 Å². The summed E-state index contributed by atoms with van der Waals surface area (Å²) in [5.74, 6) is 0. The minimum Gasteiger partial charge on any atom is -0.368 e. The topological polar surface area (TPSA) is 69.9 Å². The van der Waals surface area contributed by atoms with E-state index in [0.717, 1.165) is 11.1 Å². The Bertz CT molecular complexity index is 1640. The minimum absolute atomic E-state index is 0. The maximum Gasteiger partial charge on any atom is 0.151 e. The third-order valence-corrected chi connectivity index (χ3v) is 15.0. The van der Waals surface area contributed by atoms with Crippen molar-refractivity contribution in [1.29, 1.82) is 0 Å². The predicted octanol–water partition coefficient (Wildman–Crippen LogP) is 7.24. The molecule has 3 N–H and O–H groups in total. The van der Waals surface area contributed by atoms with Crippen molar-refractivity contribution in [3.05, 3.63) is 193 Å². The zero-order valence-corrected chi connectivity index (χ0v) is 37.9. The van der Waals surface area contributed by atoms with Gasteiger partial charge in [0.15, 0.2) is 6.29 Å².